The molecule has 0 radical (unpaired) electrons. The number of nitrogens with zero attached hydrogens (tertiary/aromatic N) is 4. The van der Waals surface area contributed by atoms with Gasteiger partial charge in [0.2, 0.25) is 5.91 Å². The maximum absolute atomic E-state index is 12.5. The molecule has 3 heterocycles. The lowest BCUT2D eigenvalue weighted by Crippen LogP contribution is -2.30. The normalized spacial score (nSPS) is 14.7. The van der Waals surface area contributed by atoms with E-state index in [1.807, 2.05) is 35.8 Å². The van der Waals surface area contributed by atoms with Gasteiger partial charge in [-0.25, -0.2) is 0 Å². The number of fused-ring (bicyclic) bond motifs is 3. The van der Waals surface area contributed by atoms with Gasteiger partial charge >= 0.3 is 0 Å². The Labute approximate surface area is 196 Å². The molecule has 7 nitrogen and oxygen atoms in total. The molecule has 1 aromatic carbocycles. The maximum atomic E-state index is 12.5. The number of nitrogens with two attached hydrogens (primary N) is 1. The van der Waals surface area contributed by atoms with Crippen molar-refractivity contribution in [1.29, 1.82) is 0 Å². The highest BCUT2D eigenvalue weighted by Gasteiger charge is 2.32. The van der Waals surface area contributed by atoms with Crippen molar-refractivity contribution in [3.8, 4) is 5.00 Å². The second-order valence-electron chi connectivity index (χ2n) is 7.25. The monoisotopic (exact) mass is 478 g/mol. The van der Waals surface area contributed by atoms with Crippen LogP contribution in [0, 0.1) is 20.8 Å². The molecule has 3 aromatic rings. The number of thiophene rings is 1. The van der Waals surface area contributed by atoms with Crippen LogP contribution in [0.5, 0.6) is 0 Å². The van der Waals surface area contributed by atoms with Gasteiger partial charge in [0.1, 0.15) is 16.9 Å². The van der Waals surface area contributed by atoms with Crippen LogP contribution in [-0.2, 0) is 4.79 Å². The Bertz CT molecular complexity index is 1140. The van der Waals surface area contributed by atoms with Gasteiger partial charge in [-0.15, -0.1) is 33.9 Å². The molecular weight excluding hydrogens is 455 g/mol. The summed E-state index contributed by atoms with van der Waals surface area (Å²) in [5, 5.41) is 13.2. The number of aliphatic imine (C=N–C) groups is 1. The molecule has 31 heavy (non-hydrogen) atoms. The molecule has 1 aliphatic heterocycles. The molecule has 0 saturated heterocycles. The Balaban J connectivity index is 0.00000272. The van der Waals surface area contributed by atoms with E-state index in [0.29, 0.717) is 23.9 Å². The summed E-state index contributed by atoms with van der Waals surface area (Å²) < 4.78 is 2.04. The fourth-order valence-electron chi connectivity index (χ4n) is 3.59. The predicted molar refractivity (Wildman–Crippen MR) is 127 cm³/mol. The van der Waals surface area contributed by atoms with Crippen molar-refractivity contribution in [1.82, 2.24) is 20.1 Å². The summed E-state index contributed by atoms with van der Waals surface area (Å²) in [5.41, 5.74) is 9.52. The summed E-state index contributed by atoms with van der Waals surface area (Å²) in [6, 6.07) is 7.16. The predicted octanol–water partition coefficient (Wildman–Crippen LogP) is 3.69. The topological polar surface area (TPSA) is 98.2 Å². The molecule has 0 bridgehead atoms. The smallest absolute Gasteiger partial charge is 0.222 e. The first-order valence-corrected chi connectivity index (χ1v) is 10.9. The van der Waals surface area contributed by atoms with E-state index in [4.69, 9.17) is 22.3 Å². The van der Waals surface area contributed by atoms with Crippen LogP contribution >= 0.6 is 35.3 Å². The van der Waals surface area contributed by atoms with E-state index in [-0.39, 0.29) is 24.7 Å². The molecule has 0 saturated carbocycles. The average Bonchev–Trinajstić information content (AvgIpc) is 3.19. The van der Waals surface area contributed by atoms with Crippen molar-refractivity contribution in [2.24, 2.45) is 10.7 Å². The zero-order valence-electron chi connectivity index (χ0n) is 17.5. The second-order valence-corrected chi connectivity index (χ2v) is 8.89. The molecular formula is C21H24Cl2N6OS. The van der Waals surface area contributed by atoms with Crippen LogP contribution in [-0.4, -0.2) is 39.5 Å². The van der Waals surface area contributed by atoms with Gasteiger partial charge in [0.15, 0.2) is 5.82 Å². The number of aryl methyl sites for hydroxylation is 2. The minimum Gasteiger partial charge on any atom is -0.355 e. The van der Waals surface area contributed by atoms with Gasteiger partial charge in [-0.3, -0.25) is 14.4 Å². The van der Waals surface area contributed by atoms with Gasteiger partial charge < -0.3 is 11.1 Å². The van der Waals surface area contributed by atoms with Gasteiger partial charge in [0.25, 0.3) is 0 Å². The summed E-state index contributed by atoms with van der Waals surface area (Å²) in [7, 11) is 0. The van der Waals surface area contributed by atoms with E-state index in [1.54, 1.807) is 11.3 Å². The molecule has 1 amide bonds. The lowest BCUT2D eigenvalue weighted by Gasteiger charge is -2.13. The number of rotatable bonds is 5. The average molecular weight is 479 g/mol. The first-order chi connectivity index (χ1) is 14.4. The third-order valence-electron chi connectivity index (χ3n) is 5.20. The number of nitrogens with one attached hydrogen (secondary N) is 1. The van der Waals surface area contributed by atoms with Crippen molar-refractivity contribution in [3.05, 3.63) is 62.5 Å². The highest BCUT2D eigenvalue weighted by Crippen LogP contribution is 2.39. The minimum absolute atomic E-state index is 0. The van der Waals surface area contributed by atoms with E-state index in [9.17, 15) is 4.79 Å². The highest BCUT2D eigenvalue weighted by atomic mass is 35.5. The Morgan fingerprint density at radius 1 is 1.23 bits per heavy atom. The lowest BCUT2D eigenvalue weighted by atomic mass is 9.99. The summed E-state index contributed by atoms with van der Waals surface area (Å²) in [6.45, 7) is 6.94. The fraction of sp³-hybridized carbons (Fsp3) is 0.333. The van der Waals surface area contributed by atoms with E-state index in [1.165, 1.54) is 4.88 Å². The molecule has 2 aromatic heterocycles. The van der Waals surface area contributed by atoms with Crippen molar-refractivity contribution in [2.45, 2.75) is 33.2 Å². The van der Waals surface area contributed by atoms with Gasteiger partial charge in [-0.2, -0.15) is 0 Å². The van der Waals surface area contributed by atoms with Crippen LogP contribution in [0.4, 0.5) is 0 Å². The Hall–Kier alpha value is -2.26. The number of carbonyl (C=O) groups is 1. The van der Waals surface area contributed by atoms with Crippen molar-refractivity contribution in [3.63, 3.8) is 0 Å². The number of amides is 1. The van der Waals surface area contributed by atoms with Crippen LogP contribution in [0.25, 0.3) is 5.00 Å². The van der Waals surface area contributed by atoms with Crippen LogP contribution < -0.4 is 11.1 Å². The molecule has 0 unspecified atom stereocenters. The lowest BCUT2D eigenvalue weighted by molar-refractivity contribution is -0.121. The minimum atomic E-state index is -0.464. The van der Waals surface area contributed by atoms with E-state index >= 15 is 0 Å². The summed E-state index contributed by atoms with van der Waals surface area (Å²) >= 11 is 7.80. The molecule has 0 aliphatic carbocycles. The largest absolute Gasteiger partial charge is 0.355 e. The SMILES string of the molecule is Cc1sc2c(c1C)C(c1ccc(Cl)cc1)=N[C@@H](CC(=O)NCCN)c1nnc(C)n1-2.Cl. The van der Waals surface area contributed by atoms with Gasteiger partial charge in [0.05, 0.1) is 12.1 Å². The van der Waals surface area contributed by atoms with E-state index in [2.05, 4.69) is 29.4 Å². The van der Waals surface area contributed by atoms with Crippen LogP contribution in [0.3, 0.4) is 0 Å². The zero-order valence-corrected chi connectivity index (χ0v) is 19.9. The first kappa shape index (κ1) is 23.4. The number of halogens is 2. The molecule has 3 N–H and O–H groups in total. The maximum Gasteiger partial charge on any atom is 0.222 e. The number of hydrogen-bond acceptors (Lipinski definition) is 6. The fourth-order valence-corrected chi connectivity index (χ4v) is 4.93. The molecule has 0 spiro atoms. The molecule has 164 valence electrons. The number of hydrogen-bond donors (Lipinski definition) is 2. The Morgan fingerprint density at radius 2 is 1.94 bits per heavy atom. The summed E-state index contributed by atoms with van der Waals surface area (Å²) in [6.07, 6.45) is 0.169. The summed E-state index contributed by atoms with van der Waals surface area (Å²) in [4.78, 5) is 18.8. The van der Waals surface area contributed by atoms with Gasteiger partial charge in [0, 0.05) is 34.1 Å². The quantitative estimate of drug-likeness (QED) is 0.583. The number of benzene rings is 1. The number of aromatic nitrogens is 3. The molecule has 10 heteroatoms. The molecule has 4 rings (SSSR count). The van der Waals surface area contributed by atoms with Crippen LogP contribution in [0.2, 0.25) is 5.02 Å². The molecule has 0 fully saturated rings. The molecule has 1 aliphatic rings. The summed E-state index contributed by atoms with van der Waals surface area (Å²) in [5.74, 6) is 1.32. The highest BCUT2D eigenvalue weighted by molar-refractivity contribution is 7.15. The van der Waals surface area contributed by atoms with Crippen LogP contribution in [0.1, 0.15) is 45.7 Å². The van der Waals surface area contributed by atoms with Crippen molar-refractivity contribution >= 4 is 47.0 Å². The Morgan fingerprint density at radius 3 is 2.61 bits per heavy atom. The van der Waals surface area contributed by atoms with Gasteiger partial charge in [-0.05, 0) is 38.5 Å². The third-order valence-corrected chi connectivity index (χ3v) is 6.65. The number of carbonyl (C=O) groups excluding carboxylic acids is 1. The third kappa shape index (κ3) is 4.39. The second kappa shape index (κ2) is 9.48. The van der Waals surface area contributed by atoms with Crippen molar-refractivity contribution < 1.29 is 4.79 Å². The zero-order chi connectivity index (χ0) is 21.4. The van der Waals surface area contributed by atoms with Gasteiger partial charge in [-0.1, -0.05) is 23.7 Å². The standard InChI is InChI=1S/C21H23ClN6OS.ClH/c1-11-12(2)30-21-18(11)19(14-4-6-15(22)7-5-14)25-16(10-17(29)24-9-8-23)20-27-26-13(3)28(20)21;/h4-7,16H,8-10,23H2,1-3H3,(H,24,29);1H/t16-;/m0./s1. The first-order valence-electron chi connectivity index (χ1n) is 9.73. The van der Waals surface area contributed by atoms with E-state index in [0.717, 1.165) is 33.2 Å². The van der Waals surface area contributed by atoms with Crippen molar-refractivity contribution in [2.75, 3.05) is 13.1 Å². The molecule has 1 atom stereocenters. The van der Waals surface area contributed by atoms with E-state index < -0.39 is 6.04 Å². The Kier molecular flexibility index (Phi) is 7.16. The van der Waals surface area contributed by atoms with Crippen LogP contribution in [0.15, 0.2) is 29.3 Å².